The van der Waals surface area contributed by atoms with E-state index >= 15 is 0 Å². The Morgan fingerprint density at radius 2 is 1.20 bits per heavy atom. The first-order valence-corrected chi connectivity index (χ1v) is 24.5. The van der Waals surface area contributed by atoms with E-state index in [1.807, 2.05) is 6.92 Å². The third kappa shape index (κ3) is 7.01. The van der Waals surface area contributed by atoms with Crippen LogP contribution in [0.4, 0.5) is 0 Å². The molecule has 8 fully saturated rings. The highest BCUT2D eigenvalue weighted by Crippen LogP contribution is 2.79. The molecule has 0 aromatic rings. The van der Waals surface area contributed by atoms with Gasteiger partial charge in [0.15, 0.2) is 18.9 Å². The maximum atomic E-state index is 11.7. The van der Waals surface area contributed by atoms with Gasteiger partial charge in [-0.2, -0.15) is 0 Å². The first-order chi connectivity index (χ1) is 30.9. The Morgan fingerprint density at radius 3 is 1.85 bits per heavy atom. The van der Waals surface area contributed by atoms with Gasteiger partial charge in [0.05, 0.1) is 50.3 Å². The Bertz CT molecular complexity index is 1800. The van der Waals surface area contributed by atoms with Gasteiger partial charge in [-0.1, -0.05) is 53.7 Å². The van der Waals surface area contributed by atoms with Gasteiger partial charge in [-0.05, 0) is 86.4 Å². The van der Waals surface area contributed by atoms with E-state index in [0.717, 1.165) is 25.7 Å². The average molecular weight is 943 g/mol. The summed E-state index contributed by atoms with van der Waals surface area (Å²) >= 11 is 0. The molecule has 0 amide bonds. The van der Waals surface area contributed by atoms with Gasteiger partial charge in [0.25, 0.3) is 0 Å². The summed E-state index contributed by atoms with van der Waals surface area (Å²) in [6.45, 7) is 14.2. The molecular weight excluding hydrogens is 865 g/mol. The number of fused-ring (bicyclic) bond motifs is 4. The van der Waals surface area contributed by atoms with Crippen LogP contribution >= 0.6 is 0 Å². The molecule has 0 aromatic heterocycles. The molecule has 4 aliphatic heterocycles. The molecule has 18 heteroatoms. The first kappa shape index (κ1) is 50.0. The monoisotopic (exact) mass is 943 g/mol. The molecule has 66 heavy (non-hydrogen) atoms. The Hall–Kier alpha value is -0.980. The molecule has 0 radical (unpaired) electrons. The predicted molar refractivity (Wildman–Crippen MR) is 229 cm³/mol. The minimum Gasteiger partial charge on any atom is -0.396 e. The number of aliphatic hydroxyl groups is 11. The van der Waals surface area contributed by atoms with Crippen molar-refractivity contribution in [1.82, 2.24) is 0 Å². The summed E-state index contributed by atoms with van der Waals surface area (Å²) in [5, 5.41) is 119. The van der Waals surface area contributed by atoms with Crippen molar-refractivity contribution in [2.75, 3.05) is 26.4 Å². The maximum Gasteiger partial charge on any atom is 0.187 e. The van der Waals surface area contributed by atoms with E-state index < -0.39 is 128 Å². The predicted octanol–water partition coefficient (Wildman–Crippen LogP) is -0.399. The average Bonchev–Trinajstić information content (AvgIpc) is 3.55. The molecule has 18 nitrogen and oxygen atoms in total. The highest BCUT2D eigenvalue weighted by atomic mass is 16.7. The third-order valence-corrected chi connectivity index (χ3v) is 20.0. The maximum absolute atomic E-state index is 11.7. The van der Waals surface area contributed by atoms with E-state index in [0.29, 0.717) is 32.3 Å². The zero-order valence-corrected chi connectivity index (χ0v) is 39.5. The normalized spacial score (nSPS) is 58.8. The molecule has 2 unspecified atom stereocenters. The highest BCUT2D eigenvalue weighted by Gasteiger charge is 2.79. The lowest BCUT2D eigenvalue weighted by Crippen LogP contribution is -2.73. The Balaban J connectivity index is 0.999. The number of rotatable bonds is 9. The molecule has 4 saturated heterocycles. The number of allylic oxidation sites excluding steroid dienone is 1. The van der Waals surface area contributed by atoms with E-state index in [-0.39, 0.29) is 52.1 Å². The van der Waals surface area contributed by atoms with E-state index in [2.05, 4.69) is 46.8 Å². The van der Waals surface area contributed by atoms with E-state index in [1.165, 1.54) is 0 Å². The Morgan fingerprint density at radius 1 is 0.591 bits per heavy atom. The molecule has 9 rings (SSSR count). The largest absolute Gasteiger partial charge is 0.396 e. The van der Waals surface area contributed by atoms with Gasteiger partial charge < -0.3 is 89.3 Å². The minimum atomic E-state index is -1.82. The van der Waals surface area contributed by atoms with Crippen LogP contribution in [-0.2, 0) is 33.2 Å². The molecular formula is C48H78O18. The third-order valence-electron chi connectivity index (χ3n) is 20.0. The van der Waals surface area contributed by atoms with Gasteiger partial charge in [-0.15, -0.1) is 0 Å². The first-order valence-electron chi connectivity index (χ1n) is 24.5. The molecule has 4 heterocycles. The zero-order valence-electron chi connectivity index (χ0n) is 39.5. The summed E-state index contributed by atoms with van der Waals surface area (Å²) in [4.78, 5) is 0. The standard InChI is InChI=1S/C48H78O18/c1-22-30(52)33(55)35(57)39(61-22)65-29-17-46(7)45(6)12-8-25-43(4,26(45)9-13-48(46)27-16-42(2,3)14-15-47(27,29)21-60-48)11-10-28(44(25,5)20-51)64-41-37(59)38(32(54)24(19-50)63-41)66-40-36(58)34(56)31(53)23(18-49)62-40/h9,13,22-41,49-59H,8,10-12,14-21H2,1-7H3/t22-,23+,24+,25?,26?,27+,28-,29-,30-,31+,32+,33+,34-,35+,36+,37+,38-,39-,40-,41-,43-,44-,45+,46-,47+,48-/m0/s1. The summed E-state index contributed by atoms with van der Waals surface area (Å²) in [5.74, 6) is 0.00737. The smallest absolute Gasteiger partial charge is 0.187 e. The topological polar surface area (TPSA) is 287 Å². The van der Waals surface area contributed by atoms with Crippen LogP contribution in [0.25, 0.3) is 0 Å². The second-order valence-corrected chi connectivity index (χ2v) is 23.8. The summed E-state index contributed by atoms with van der Waals surface area (Å²) in [7, 11) is 0. The van der Waals surface area contributed by atoms with Crippen molar-refractivity contribution in [2.24, 2.45) is 50.2 Å². The molecule has 26 atom stereocenters. The molecule has 1 spiro atoms. The summed E-state index contributed by atoms with van der Waals surface area (Å²) in [6.07, 6.45) is -12.2. The fourth-order valence-corrected chi connectivity index (χ4v) is 15.8. The SMILES string of the molecule is C[C@@H]1O[C@@H](O[C@H]2C[C@]3(C)[C@@]4(C=CC5[C@@]6(C)CC[C@H](O[C@@H]7O[C@H](CO)[C@@H](O)[C@H](O[C@@H]8O[C@H](CO)[C@@H](O)[C@H](O)[C@H]8O)[C@H]7O)[C@@](C)(CO)C6CC[C@]53C)OC[C@@]23CCC(C)(C)C[C@H]34)[C@H](O)[C@H](O)[C@H]1O. The van der Waals surface area contributed by atoms with Gasteiger partial charge >= 0.3 is 0 Å². The molecule has 0 aromatic carbocycles. The van der Waals surface area contributed by atoms with Gasteiger partial charge in [-0.25, -0.2) is 0 Å². The Labute approximate surface area is 387 Å². The van der Waals surface area contributed by atoms with Crippen LogP contribution in [0.5, 0.6) is 0 Å². The van der Waals surface area contributed by atoms with Crippen LogP contribution in [0.1, 0.15) is 99.8 Å². The fourth-order valence-electron chi connectivity index (χ4n) is 15.8. The molecule has 9 aliphatic rings. The Kier molecular flexibility index (Phi) is 12.9. The molecule has 378 valence electrons. The molecule has 2 bridgehead atoms. The van der Waals surface area contributed by atoms with Gasteiger partial charge in [0, 0.05) is 22.2 Å². The van der Waals surface area contributed by atoms with Gasteiger partial charge in [-0.3, -0.25) is 0 Å². The second kappa shape index (κ2) is 17.1. The highest BCUT2D eigenvalue weighted by molar-refractivity contribution is 5.36. The van der Waals surface area contributed by atoms with E-state index in [1.54, 1.807) is 6.92 Å². The van der Waals surface area contributed by atoms with Crippen molar-refractivity contribution in [1.29, 1.82) is 0 Å². The van der Waals surface area contributed by atoms with Crippen molar-refractivity contribution in [3.8, 4) is 0 Å². The minimum absolute atomic E-state index is 0.00965. The van der Waals surface area contributed by atoms with Crippen LogP contribution in [0.2, 0.25) is 0 Å². The fraction of sp³-hybridized carbons (Fsp3) is 0.958. The lowest BCUT2D eigenvalue weighted by atomic mass is 9.32. The number of ether oxygens (including phenoxy) is 7. The van der Waals surface area contributed by atoms with E-state index in [4.69, 9.17) is 33.2 Å². The quantitative estimate of drug-likeness (QED) is 0.104. The van der Waals surface area contributed by atoms with E-state index in [9.17, 15) is 56.2 Å². The van der Waals surface area contributed by atoms with Gasteiger partial charge in [0.1, 0.15) is 67.1 Å². The van der Waals surface area contributed by atoms with Crippen molar-refractivity contribution in [3.63, 3.8) is 0 Å². The number of hydrogen-bond donors (Lipinski definition) is 11. The van der Waals surface area contributed by atoms with Crippen LogP contribution in [0.3, 0.4) is 0 Å². The van der Waals surface area contributed by atoms with Crippen LogP contribution in [-0.4, -0.2) is 193 Å². The van der Waals surface area contributed by atoms with Gasteiger partial charge in [0.2, 0.25) is 0 Å². The van der Waals surface area contributed by atoms with Crippen LogP contribution < -0.4 is 0 Å². The number of aliphatic hydroxyl groups excluding tert-OH is 11. The molecule has 5 aliphatic carbocycles. The zero-order chi connectivity index (χ0) is 47.9. The van der Waals surface area contributed by atoms with Crippen molar-refractivity contribution in [2.45, 2.75) is 210 Å². The lowest BCUT2D eigenvalue weighted by Gasteiger charge is -2.73. The second-order valence-electron chi connectivity index (χ2n) is 23.8. The summed E-state index contributed by atoms with van der Waals surface area (Å²) < 4.78 is 44.4. The summed E-state index contributed by atoms with van der Waals surface area (Å²) in [5.41, 5.74) is -3.01. The van der Waals surface area contributed by atoms with Crippen LogP contribution in [0, 0.1) is 50.2 Å². The molecule has 4 saturated carbocycles. The van der Waals surface area contributed by atoms with Crippen LogP contribution in [0.15, 0.2) is 12.2 Å². The van der Waals surface area contributed by atoms with Crippen molar-refractivity contribution < 1.29 is 89.3 Å². The molecule has 11 N–H and O–H groups in total. The number of hydrogen-bond acceptors (Lipinski definition) is 18. The summed E-state index contributed by atoms with van der Waals surface area (Å²) in [6, 6.07) is 0. The van der Waals surface area contributed by atoms with Crippen molar-refractivity contribution in [3.05, 3.63) is 12.2 Å². The van der Waals surface area contributed by atoms with Crippen molar-refractivity contribution >= 4 is 0 Å². The lowest BCUT2D eigenvalue weighted by molar-refractivity contribution is -0.371.